The van der Waals surface area contributed by atoms with Gasteiger partial charge in [0, 0.05) is 18.0 Å². The molecule has 3 rings (SSSR count). The van der Waals surface area contributed by atoms with Crippen molar-refractivity contribution in [1.82, 2.24) is 10.6 Å². The number of rotatable bonds is 5. The third kappa shape index (κ3) is 5.09. The van der Waals surface area contributed by atoms with E-state index >= 15 is 0 Å². The summed E-state index contributed by atoms with van der Waals surface area (Å²) < 4.78 is 0. The Kier molecular flexibility index (Phi) is 5.96. The molecule has 0 bridgehead atoms. The second-order valence-corrected chi connectivity index (χ2v) is 7.58. The number of carbonyl (C=O) groups excluding carboxylic acids is 2. The fourth-order valence-corrected chi connectivity index (χ4v) is 3.49. The molecule has 0 radical (unpaired) electrons. The summed E-state index contributed by atoms with van der Waals surface area (Å²) in [6.45, 7) is 2.40. The van der Waals surface area contributed by atoms with Crippen LogP contribution in [0, 0.1) is 6.92 Å². The second kappa shape index (κ2) is 8.38. The molecular weight excluding hydrogens is 370 g/mol. The van der Waals surface area contributed by atoms with Crippen LogP contribution in [0.5, 0.6) is 0 Å². The van der Waals surface area contributed by atoms with E-state index in [2.05, 4.69) is 15.6 Å². The van der Waals surface area contributed by atoms with Crippen molar-refractivity contribution in [3.63, 3.8) is 0 Å². The summed E-state index contributed by atoms with van der Waals surface area (Å²) in [6.07, 6.45) is 0.108. The Labute approximate surface area is 161 Å². The molecule has 1 atom stereocenters. The zero-order valence-electron chi connectivity index (χ0n) is 14.2. The minimum atomic E-state index is -0.468. The number of aryl methyl sites for hydroxylation is 1. The molecule has 7 heteroatoms. The molecule has 0 aliphatic carbocycles. The molecule has 1 aliphatic heterocycles. The van der Waals surface area contributed by atoms with Crippen molar-refractivity contribution in [3.05, 3.63) is 64.7 Å². The third-order valence-electron chi connectivity index (χ3n) is 3.81. The van der Waals surface area contributed by atoms with Crippen LogP contribution in [0.25, 0.3) is 0 Å². The highest BCUT2D eigenvalue weighted by Crippen LogP contribution is 2.25. The van der Waals surface area contributed by atoms with Gasteiger partial charge in [-0.15, -0.1) is 0 Å². The Bertz CT molecular complexity index is 835. The number of thioether (sulfide) groups is 1. The molecule has 2 amide bonds. The van der Waals surface area contributed by atoms with Crippen molar-refractivity contribution >= 4 is 46.0 Å². The monoisotopic (exact) mass is 387 g/mol. The lowest BCUT2D eigenvalue weighted by Crippen LogP contribution is -2.31. The van der Waals surface area contributed by atoms with Gasteiger partial charge in [0.05, 0.1) is 5.69 Å². The van der Waals surface area contributed by atoms with Gasteiger partial charge in [0.1, 0.15) is 5.25 Å². The first kappa shape index (κ1) is 18.5. The van der Waals surface area contributed by atoms with Gasteiger partial charge in [-0.25, -0.2) is 4.99 Å². The van der Waals surface area contributed by atoms with Crippen molar-refractivity contribution in [3.8, 4) is 0 Å². The lowest BCUT2D eigenvalue weighted by Gasteiger charge is -2.07. The van der Waals surface area contributed by atoms with Gasteiger partial charge in [0.2, 0.25) is 11.8 Å². The molecule has 0 spiro atoms. The second-order valence-electron chi connectivity index (χ2n) is 5.96. The average Bonchev–Trinajstić information content (AvgIpc) is 2.95. The number of nitrogens with one attached hydrogen (secondary N) is 2. The van der Waals surface area contributed by atoms with Crippen LogP contribution in [0.3, 0.4) is 0 Å². The lowest BCUT2D eigenvalue weighted by molar-refractivity contribution is -0.125. The van der Waals surface area contributed by atoms with E-state index in [1.807, 2.05) is 43.3 Å². The van der Waals surface area contributed by atoms with Crippen molar-refractivity contribution in [2.75, 3.05) is 0 Å². The summed E-state index contributed by atoms with van der Waals surface area (Å²) in [5, 5.41) is 6.26. The van der Waals surface area contributed by atoms with Gasteiger partial charge in [-0.2, -0.15) is 0 Å². The first-order chi connectivity index (χ1) is 12.5. The van der Waals surface area contributed by atoms with E-state index in [1.165, 1.54) is 11.8 Å². The van der Waals surface area contributed by atoms with Crippen LogP contribution in [0.2, 0.25) is 5.02 Å². The number of amidine groups is 1. The van der Waals surface area contributed by atoms with E-state index in [9.17, 15) is 9.59 Å². The van der Waals surface area contributed by atoms with Crippen LogP contribution in [0.15, 0.2) is 53.5 Å². The van der Waals surface area contributed by atoms with Gasteiger partial charge in [-0.3, -0.25) is 9.59 Å². The number of nitrogens with zero attached hydrogens (tertiary/aromatic N) is 1. The highest BCUT2D eigenvalue weighted by molar-refractivity contribution is 8.15. The molecule has 1 saturated heterocycles. The normalized spacial score (nSPS) is 18.0. The minimum Gasteiger partial charge on any atom is -0.352 e. The zero-order valence-corrected chi connectivity index (χ0v) is 15.7. The third-order valence-corrected chi connectivity index (χ3v) is 5.15. The largest absolute Gasteiger partial charge is 0.352 e. The Morgan fingerprint density at radius 1 is 1.19 bits per heavy atom. The van der Waals surface area contributed by atoms with E-state index in [-0.39, 0.29) is 18.2 Å². The smallest absolute Gasteiger partial charge is 0.240 e. The maximum absolute atomic E-state index is 12.1. The first-order valence-corrected chi connectivity index (χ1v) is 9.39. The van der Waals surface area contributed by atoms with Gasteiger partial charge in [0.25, 0.3) is 0 Å². The highest BCUT2D eigenvalue weighted by atomic mass is 35.5. The molecule has 5 nitrogen and oxygen atoms in total. The summed E-state index contributed by atoms with van der Waals surface area (Å²) in [4.78, 5) is 28.6. The summed E-state index contributed by atoms with van der Waals surface area (Å²) in [7, 11) is 0. The summed E-state index contributed by atoms with van der Waals surface area (Å²) >= 11 is 7.12. The van der Waals surface area contributed by atoms with Crippen LogP contribution in [-0.2, 0) is 16.1 Å². The molecule has 1 heterocycles. The van der Waals surface area contributed by atoms with Crippen molar-refractivity contribution < 1.29 is 9.59 Å². The number of amides is 2. The van der Waals surface area contributed by atoms with Crippen molar-refractivity contribution in [2.45, 2.75) is 25.1 Å². The number of benzene rings is 2. The molecule has 2 N–H and O–H groups in total. The number of hydrogen-bond donors (Lipinski definition) is 2. The quantitative estimate of drug-likeness (QED) is 0.823. The maximum atomic E-state index is 12.1. The maximum Gasteiger partial charge on any atom is 0.240 e. The fourth-order valence-electron chi connectivity index (χ4n) is 2.37. The van der Waals surface area contributed by atoms with E-state index < -0.39 is 5.25 Å². The number of halogens is 1. The van der Waals surface area contributed by atoms with Crippen molar-refractivity contribution in [2.24, 2.45) is 4.99 Å². The number of hydrogen-bond acceptors (Lipinski definition) is 4. The van der Waals surface area contributed by atoms with E-state index in [1.54, 1.807) is 12.1 Å². The SMILES string of the molecule is Cc1ccc(N=C2NC(=O)C(CC(=O)NCc3ccc(Cl)cc3)S2)cc1. The summed E-state index contributed by atoms with van der Waals surface area (Å²) in [5.74, 6) is -0.369. The zero-order chi connectivity index (χ0) is 18.5. The fraction of sp³-hybridized carbons (Fsp3) is 0.211. The molecule has 26 heavy (non-hydrogen) atoms. The molecule has 0 aromatic heterocycles. The van der Waals surface area contributed by atoms with Crippen LogP contribution < -0.4 is 10.6 Å². The molecular formula is C19H18ClN3O2S. The van der Waals surface area contributed by atoms with Gasteiger partial charge in [-0.05, 0) is 36.8 Å². The first-order valence-electron chi connectivity index (χ1n) is 8.13. The van der Waals surface area contributed by atoms with Gasteiger partial charge >= 0.3 is 0 Å². The van der Waals surface area contributed by atoms with Gasteiger partial charge < -0.3 is 10.6 Å². The van der Waals surface area contributed by atoms with Gasteiger partial charge in [-0.1, -0.05) is 53.2 Å². The Morgan fingerprint density at radius 2 is 1.88 bits per heavy atom. The molecule has 1 fully saturated rings. The molecule has 1 aliphatic rings. The topological polar surface area (TPSA) is 70.6 Å². The summed E-state index contributed by atoms with van der Waals surface area (Å²) in [5.41, 5.74) is 2.87. The molecule has 2 aromatic carbocycles. The minimum absolute atomic E-state index is 0.108. The number of carbonyl (C=O) groups is 2. The predicted octanol–water partition coefficient (Wildman–Crippen LogP) is 3.57. The van der Waals surface area contributed by atoms with Crippen LogP contribution in [0.1, 0.15) is 17.5 Å². The predicted molar refractivity (Wildman–Crippen MR) is 106 cm³/mol. The molecule has 0 saturated carbocycles. The highest BCUT2D eigenvalue weighted by Gasteiger charge is 2.32. The van der Waals surface area contributed by atoms with Crippen LogP contribution in [-0.4, -0.2) is 22.2 Å². The molecule has 1 unspecified atom stereocenters. The van der Waals surface area contributed by atoms with E-state index in [4.69, 9.17) is 11.6 Å². The molecule has 134 valence electrons. The Balaban J connectivity index is 1.53. The van der Waals surface area contributed by atoms with Crippen LogP contribution in [0.4, 0.5) is 5.69 Å². The van der Waals surface area contributed by atoms with E-state index in [0.29, 0.717) is 16.7 Å². The van der Waals surface area contributed by atoms with Crippen LogP contribution >= 0.6 is 23.4 Å². The van der Waals surface area contributed by atoms with Crippen molar-refractivity contribution in [1.29, 1.82) is 0 Å². The Morgan fingerprint density at radius 3 is 2.58 bits per heavy atom. The van der Waals surface area contributed by atoms with E-state index in [0.717, 1.165) is 16.8 Å². The number of aliphatic imine (C=N–C) groups is 1. The van der Waals surface area contributed by atoms with Gasteiger partial charge in [0.15, 0.2) is 5.17 Å². The standard InChI is InChI=1S/C19H18ClN3O2S/c1-12-2-8-15(9-3-12)22-19-23-18(25)16(26-19)10-17(24)21-11-13-4-6-14(20)7-5-13/h2-9,16H,10-11H2,1H3,(H,21,24)(H,22,23,25). The average molecular weight is 388 g/mol. The Hall–Kier alpha value is -2.31. The summed E-state index contributed by atoms with van der Waals surface area (Å²) in [6, 6.07) is 15.0. The molecule has 2 aromatic rings. The lowest BCUT2D eigenvalue weighted by atomic mass is 10.2.